The molecule has 0 radical (unpaired) electrons. The number of nitrogens with zero attached hydrogens (tertiary/aromatic N) is 5. The van der Waals surface area contributed by atoms with Crippen molar-refractivity contribution in [2.45, 2.75) is 0 Å². The third-order valence-corrected chi connectivity index (χ3v) is 5.59. The Balaban J connectivity index is 0.000000293. The maximum Gasteiger partial charge on any atom is 0.0340 e. The number of rotatable bonds is 5. The van der Waals surface area contributed by atoms with Crippen LogP contribution in [0.1, 0.15) is 0 Å². The Kier molecular flexibility index (Phi) is 7.88. The van der Waals surface area contributed by atoms with Crippen molar-refractivity contribution in [1.82, 2.24) is 0 Å². The average molecular weight is 398 g/mol. The first-order valence-corrected chi connectivity index (χ1v) is 10.3. The number of hydrogen-bond acceptors (Lipinski definition) is 7. The van der Waals surface area contributed by atoms with Crippen molar-refractivity contribution in [1.29, 1.82) is 26.3 Å². The first-order valence-electron chi connectivity index (χ1n) is 7.53. The van der Waals surface area contributed by atoms with Gasteiger partial charge in [0, 0.05) is 24.5 Å². The molecule has 2 N–H and O–H groups in total. The monoisotopic (exact) mass is 398 g/mol. The third-order valence-electron chi connectivity index (χ3n) is 3.12. The summed E-state index contributed by atoms with van der Waals surface area (Å²) in [5.41, 5.74) is 2.33. The van der Waals surface area contributed by atoms with Crippen LogP contribution in [-0.2, 0) is 11.8 Å². The molecule has 2 aromatic carbocycles. The van der Waals surface area contributed by atoms with Crippen LogP contribution in [0.3, 0.4) is 0 Å². The van der Waals surface area contributed by atoms with Crippen molar-refractivity contribution in [2.24, 2.45) is 0 Å². The van der Waals surface area contributed by atoms with E-state index in [2.05, 4.69) is 34.9 Å². The molecular formula is C19H16FeN7. The standard InChI is InChI=1S/C14H16N2.5CN.Fe/c1-3-7-13(8-4-1)15-11-12-16-14-9-5-2-6-10-14;5*1-2;/h1-10,15-16H,11-12H2;;;;;;. The van der Waals surface area contributed by atoms with Crippen LogP contribution in [0, 0.1) is 51.1 Å². The summed E-state index contributed by atoms with van der Waals surface area (Å²) in [6.45, 7) is 1.83. The average Bonchev–Trinajstić information content (AvgIpc) is 2.76. The number of benzene rings is 2. The number of anilines is 2. The first kappa shape index (κ1) is 21.1. The van der Waals surface area contributed by atoms with Gasteiger partial charge in [-0.25, -0.2) is 0 Å². The maximum atomic E-state index is 8.35. The SMILES string of the molecule is N#[C][Fe]([C]#N)([C]#N)([C]#N)[C]#N.c1ccc(NCCNc2ccccc2)cc1. The molecule has 0 aliphatic heterocycles. The van der Waals surface area contributed by atoms with E-state index in [1.165, 1.54) is 24.8 Å². The van der Waals surface area contributed by atoms with Gasteiger partial charge in [0.2, 0.25) is 0 Å². The second kappa shape index (κ2) is 10.1. The fourth-order valence-electron chi connectivity index (χ4n) is 1.70. The van der Waals surface area contributed by atoms with E-state index in [0.29, 0.717) is 0 Å². The zero-order chi connectivity index (χ0) is 20.0. The van der Waals surface area contributed by atoms with Crippen LogP contribution in [0.4, 0.5) is 11.4 Å². The van der Waals surface area contributed by atoms with Crippen molar-refractivity contribution in [3.63, 3.8) is 0 Å². The quantitative estimate of drug-likeness (QED) is 0.581. The van der Waals surface area contributed by atoms with Crippen molar-refractivity contribution >= 4 is 11.4 Å². The van der Waals surface area contributed by atoms with Gasteiger partial charge in [-0.2, -0.15) is 0 Å². The van der Waals surface area contributed by atoms with Gasteiger partial charge >= 0.3 is 62.9 Å². The first-order chi connectivity index (χ1) is 13.1. The van der Waals surface area contributed by atoms with E-state index in [1.807, 2.05) is 36.4 Å². The van der Waals surface area contributed by atoms with Gasteiger partial charge in [-0.1, -0.05) is 36.4 Å². The molecule has 0 aromatic heterocycles. The van der Waals surface area contributed by atoms with E-state index in [9.17, 15) is 0 Å². The molecule has 0 unspecified atom stereocenters. The molecule has 0 saturated heterocycles. The Morgan fingerprint density at radius 3 is 1.07 bits per heavy atom. The van der Waals surface area contributed by atoms with E-state index in [1.54, 1.807) is 0 Å². The molecular weight excluding hydrogens is 382 g/mol. The van der Waals surface area contributed by atoms with E-state index >= 15 is 0 Å². The zero-order valence-corrected chi connectivity index (χ0v) is 15.4. The van der Waals surface area contributed by atoms with Crippen molar-refractivity contribution in [3.8, 4) is 24.8 Å². The Labute approximate surface area is 158 Å². The summed E-state index contributed by atoms with van der Waals surface area (Å²) in [6.07, 6.45) is 0. The largest absolute Gasteiger partial charge is 0.383 e. The number of nitrogens with one attached hydrogen (secondary N) is 2. The van der Waals surface area contributed by atoms with Crippen molar-refractivity contribution in [3.05, 3.63) is 60.7 Å². The molecule has 0 heterocycles. The summed E-state index contributed by atoms with van der Waals surface area (Å²) >= 11 is -4.78. The molecule has 0 spiro atoms. The van der Waals surface area contributed by atoms with E-state index < -0.39 is 11.8 Å². The minimum Gasteiger partial charge on any atom is -0.383 e. The van der Waals surface area contributed by atoms with Crippen LogP contribution in [0.5, 0.6) is 0 Å². The molecule has 0 saturated carbocycles. The summed E-state index contributed by atoms with van der Waals surface area (Å²) in [7, 11) is 0. The Morgan fingerprint density at radius 2 is 0.852 bits per heavy atom. The second-order valence-electron chi connectivity index (χ2n) is 4.86. The molecule has 0 amide bonds. The summed E-state index contributed by atoms with van der Waals surface area (Å²) in [4.78, 5) is 6.12. The van der Waals surface area contributed by atoms with E-state index in [0.717, 1.165) is 24.5 Å². The predicted octanol–water partition coefficient (Wildman–Crippen LogP) is 3.29. The van der Waals surface area contributed by atoms with Gasteiger partial charge in [-0.05, 0) is 24.3 Å². The van der Waals surface area contributed by atoms with Crippen LogP contribution in [0.15, 0.2) is 60.7 Å². The zero-order valence-electron chi connectivity index (χ0n) is 14.3. The smallest absolute Gasteiger partial charge is 0.0340 e. The number of nitriles is 5. The van der Waals surface area contributed by atoms with Crippen LogP contribution in [-0.4, -0.2) is 13.1 Å². The molecule has 2 aromatic rings. The van der Waals surface area contributed by atoms with Crippen LogP contribution in [0.2, 0.25) is 0 Å². The van der Waals surface area contributed by atoms with Gasteiger partial charge in [0.15, 0.2) is 0 Å². The van der Waals surface area contributed by atoms with Gasteiger partial charge < -0.3 is 10.6 Å². The normalized spacial score (nSPS) is 10.4. The van der Waals surface area contributed by atoms with Gasteiger partial charge in [-0.3, -0.25) is 0 Å². The molecule has 8 heteroatoms. The van der Waals surface area contributed by atoms with Gasteiger partial charge in [0.1, 0.15) is 0 Å². The molecule has 135 valence electrons. The van der Waals surface area contributed by atoms with E-state index in [-0.39, 0.29) is 0 Å². The Hall–Kier alpha value is -3.99. The summed E-state index contributed by atoms with van der Waals surface area (Å²) in [6, 6.07) is 20.5. The van der Waals surface area contributed by atoms with Crippen LogP contribution in [0.25, 0.3) is 0 Å². The van der Waals surface area contributed by atoms with Crippen molar-refractivity contribution in [2.75, 3.05) is 23.7 Å². The summed E-state index contributed by atoms with van der Waals surface area (Å²) < 4.78 is 0. The van der Waals surface area contributed by atoms with E-state index in [4.69, 9.17) is 26.3 Å². The third kappa shape index (κ3) is 5.79. The fourth-order valence-corrected chi connectivity index (χ4v) is 2.25. The van der Waals surface area contributed by atoms with Crippen molar-refractivity contribution < 1.29 is 11.8 Å². The minimum absolute atomic E-state index is 0.916. The van der Waals surface area contributed by atoms with Crippen LogP contribution >= 0.6 is 0 Å². The molecule has 7 nitrogen and oxygen atoms in total. The van der Waals surface area contributed by atoms with Gasteiger partial charge in [0.25, 0.3) is 0 Å². The summed E-state index contributed by atoms with van der Waals surface area (Å²) in [5, 5.41) is 48.5. The number of hydrogen-bond donors (Lipinski definition) is 2. The van der Waals surface area contributed by atoms with Gasteiger partial charge in [0.05, 0.1) is 0 Å². The van der Waals surface area contributed by atoms with Crippen LogP contribution < -0.4 is 10.6 Å². The topological polar surface area (TPSA) is 143 Å². The second-order valence-corrected chi connectivity index (χ2v) is 8.86. The number of para-hydroxylation sites is 2. The minimum atomic E-state index is -4.78. The summed E-state index contributed by atoms with van der Waals surface area (Å²) in [5.74, 6) is 0. The Morgan fingerprint density at radius 1 is 0.556 bits per heavy atom. The molecule has 0 aliphatic carbocycles. The maximum absolute atomic E-state index is 8.35. The molecule has 0 fully saturated rings. The molecule has 27 heavy (non-hydrogen) atoms. The van der Waals surface area contributed by atoms with Gasteiger partial charge in [-0.15, -0.1) is 0 Å². The Bertz CT molecular complexity index is 814. The molecule has 2 rings (SSSR count). The molecule has 0 bridgehead atoms. The molecule has 0 aliphatic rings. The molecule has 0 atom stereocenters. The predicted molar refractivity (Wildman–Crippen MR) is 97.9 cm³/mol. The fraction of sp³-hybridized carbons (Fsp3) is 0.105.